The van der Waals surface area contributed by atoms with Crippen LogP contribution in [0.1, 0.15) is 58.8 Å². The lowest BCUT2D eigenvalue weighted by Gasteiger charge is -2.40. The topological polar surface area (TPSA) is 74.2 Å². The minimum Gasteiger partial charge on any atom is -0.469 e. The lowest BCUT2D eigenvalue weighted by molar-refractivity contribution is -0.143. The average Bonchev–Trinajstić information content (AvgIpc) is 3.02. The Labute approximate surface area is 182 Å². The first-order valence-corrected chi connectivity index (χ1v) is 13.6. The fourth-order valence-corrected chi connectivity index (χ4v) is 4.76. The van der Waals surface area contributed by atoms with Crippen molar-refractivity contribution < 1.29 is 28.5 Å². The summed E-state index contributed by atoms with van der Waals surface area (Å²) in [7, 11) is -0.673. The summed E-state index contributed by atoms with van der Waals surface area (Å²) < 4.78 is 23.7. The van der Waals surface area contributed by atoms with Crippen LogP contribution in [-0.4, -0.2) is 50.9 Å². The van der Waals surface area contributed by atoms with Crippen LogP contribution in [-0.2, 0) is 23.4 Å². The number of ether oxygens (including phenoxy) is 3. The molecule has 0 aliphatic carbocycles. The van der Waals surface area contributed by atoms with E-state index in [1.54, 1.807) is 0 Å². The van der Waals surface area contributed by atoms with Gasteiger partial charge in [-0.05, 0) is 37.9 Å². The Balaban J connectivity index is 2.12. The molecule has 0 spiro atoms. The van der Waals surface area contributed by atoms with Crippen molar-refractivity contribution in [2.24, 2.45) is 0 Å². The number of hydrogen-bond acceptors (Lipinski definition) is 6. The Hall–Kier alpha value is -1.25. The van der Waals surface area contributed by atoms with Crippen molar-refractivity contribution in [1.82, 2.24) is 0 Å². The highest BCUT2D eigenvalue weighted by atomic mass is 28.4. The Morgan fingerprint density at radius 3 is 2.43 bits per heavy atom. The quantitative estimate of drug-likeness (QED) is 0.449. The van der Waals surface area contributed by atoms with E-state index in [4.69, 9.17) is 18.6 Å². The van der Waals surface area contributed by atoms with Crippen LogP contribution in [0.5, 0.6) is 0 Å². The molecule has 1 fully saturated rings. The predicted octanol–water partition coefficient (Wildman–Crippen LogP) is 4.59. The molecule has 1 heterocycles. The third-order valence-corrected chi connectivity index (χ3v) is 11.0. The van der Waals surface area contributed by atoms with Gasteiger partial charge in [0.05, 0.1) is 31.8 Å². The standard InChI is InChI=1S/C23H38O6Si/c1-22(2,3)30(6,7)29-18(15-20(25)26-5)13-14-23(4)19(16-24)27-21(28-23)17-11-9-8-10-12-17/h8-12,18-19,21,24H,13-16H2,1-7H3/t18-,19+,21?,23-/m1/s1. The molecule has 170 valence electrons. The van der Waals surface area contributed by atoms with Crippen LogP contribution in [0, 0.1) is 0 Å². The average molecular weight is 439 g/mol. The second kappa shape index (κ2) is 9.91. The first-order valence-electron chi connectivity index (χ1n) is 10.7. The fraction of sp³-hybridized carbons (Fsp3) is 0.696. The van der Waals surface area contributed by atoms with E-state index in [2.05, 4.69) is 33.9 Å². The van der Waals surface area contributed by atoms with E-state index in [0.717, 1.165) is 5.56 Å². The van der Waals surface area contributed by atoms with Crippen molar-refractivity contribution in [3.63, 3.8) is 0 Å². The van der Waals surface area contributed by atoms with Crippen molar-refractivity contribution in [2.75, 3.05) is 13.7 Å². The van der Waals surface area contributed by atoms with E-state index in [1.807, 2.05) is 37.3 Å². The van der Waals surface area contributed by atoms with E-state index in [-0.39, 0.29) is 30.1 Å². The highest BCUT2D eigenvalue weighted by Crippen LogP contribution is 2.42. The summed E-state index contributed by atoms with van der Waals surface area (Å²) in [5.41, 5.74) is 0.240. The number of aliphatic hydroxyl groups is 1. The lowest BCUT2D eigenvalue weighted by atomic mass is 9.92. The maximum Gasteiger partial charge on any atom is 0.308 e. The van der Waals surface area contributed by atoms with Crippen molar-refractivity contribution in [2.45, 2.75) is 89.2 Å². The molecule has 1 saturated heterocycles. The molecule has 0 amide bonds. The molecule has 0 bridgehead atoms. The Morgan fingerprint density at radius 1 is 1.27 bits per heavy atom. The highest BCUT2D eigenvalue weighted by Gasteiger charge is 2.47. The van der Waals surface area contributed by atoms with Crippen molar-refractivity contribution in [3.05, 3.63) is 35.9 Å². The van der Waals surface area contributed by atoms with Gasteiger partial charge < -0.3 is 23.7 Å². The number of aliphatic hydroxyl groups excluding tert-OH is 1. The van der Waals surface area contributed by atoms with E-state index < -0.39 is 26.3 Å². The van der Waals surface area contributed by atoms with Gasteiger partial charge in [0.2, 0.25) is 0 Å². The Morgan fingerprint density at radius 2 is 1.90 bits per heavy atom. The maximum atomic E-state index is 12.0. The summed E-state index contributed by atoms with van der Waals surface area (Å²) >= 11 is 0. The number of rotatable bonds is 9. The van der Waals surface area contributed by atoms with Crippen LogP contribution >= 0.6 is 0 Å². The summed E-state index contributed by atoms with van der Waals surface area (Å²) in [4.78, 5) is 12.0. The molecule has 6 nitrogen and oxygen atoms in total. The molecular weight excluding hydrogens is 400 g/mol. The minimum atomic E-state index is -2.07. The zero-order chi connectivity index (χ0) is 22.6. The van der Waals surface area contributed by atoms with E-state index in [0.29, 0.717) is 12.8 Å². The van der Waals surface area contributed by atoms with Crippen LogP contribution < -0.4 is 0 Å². The molecule has 2 rings (SSSR count). The number of carbonyl (C=O) groups is 1. The molecule has 1 aromatic carbocycles. The molecule has 0 radical (unpaired) electrons. The SMILES string of the molecule is COC(=O)C[C@@H](CC[C@@]1(C)OC(c2ccccc2)O[C@H]1CO)O[Si](C)(C)C(C)(C)C. The number of carbonyl (C=O) groups excluding carboxylic acids is 1. The molecule has 4 atom stereocenters. The summed E-state index contributed by atoms with van der Waals surface area (Å²) in [5.74, 6) is -0.284. The zero-order valence-corrected chi connectivity index (χ0v) is 20.4. The molecule has 7 heteroatoms. The van der Waals surface area contributed by atoms with E-state index in [9.17, 15) is 9.90 Å². The van der Waals surface area contributed by atoms with Gasteiger partial charge in [-0.3, -0.25) is 4.79 Å². The fourth-order valence-electron chi connectivity index (χ4n) is 3.37. The summed E-state index contributed by atoms with van der Waals surface area (Å²) in [6.07, 6.45) is 0.167. The smallest absolute Gasteiger partial charge is 0.308 e. The largest absolute Gasteiger partial charge is 0.469 e. The van der Waals surface area contributed by atoms with Crippen LogP contribution in [0.4, 0.5) is 0 Å². The third-order valence-electron chi connectivity index (χ3n) is 6.43. The number of methoxy groups -OCH3 is 1. The van der Waals surface area contributed by atoms with Gasteiger partial charge in [-0.25, -0.2) is 0 Å². The number of hydrogen-bond donors (Lipinski definition) is 1. The minimum absolute atomic E-state index is 0.0320. The first-order chi connectivity index (χ1) is 13.9. The molecule has 1 aliphatic rings. The monoisotopic (exact) mass is 438 g/mol. The van der Waals surface area contributed by atoms with Gasteiger partial charge in [0.25, 0.3) is 0 Å². The van der Waals surface area contributed by atoms with Crippen LogP contribution in [0.15, 0.2) is 30.3 Å². The van der Waals surface area contributed by atoms with Gasteiger partial charge >= 0.3 is 5.97 Å². The van der Waals surface area contributed by atoms with Crippen molar-refractivity contribution >= 4 is 14.3 Å². The predicted molar refractivity (Wildman–Crippen MR) is 119 cm³/mol. The molecule has 1 aromatic rings. The molecule has 0 aromatic heterocycles. The van der Waals surface area contributed by atoms with E-state index >= 15 is 0 Å². The third kappa shape index (κ3) is 6.14. The molecule has 1 unspecified atom stereocenters. The number of esters is 1. The van der Waals surface area contributed by atoms with Crippen LogP contribution in [0.2, 0.25) is 18.1 Å². The van der Waals surface area contributed by atoms with Gasteiger partial charge in [0.15, 0.2) is 14.6 Å². The van der Waals surface area contributed by atoms with E-state index in [1.165, 1.54) is 7.11 Å². The summed E-state index contributed by atoms with van der Waals surface area (Å²) in [6, 6.07) is 9.71. The van der Waals surface area contributed by atoms with Gasteiger partial charge in [0.1, 0.15) is 6.10 Å². The zero-order valence-electron chi connectivity index (χ0n) is 19.4. The highest BCUT2D eigenvalue weighted by molar-refractivity contribution is 6.74. The molecular formula is C23H38O6Si. The molecule has 30 heavy (non-hydrogen) atoms. The normalized spacial score (nSPS) is 25.9. The summed E-state index contributed by atoms with van der Waals surface area (Å²) in [5, 5.41) is 9.94. The van der Waals surface area contributed by atoms with Gasteiger partial charge in [0, 0.05) is 5.56 Å². The lowest BCUT2D eigenvalue weighted by Crippen LogP contribution is -2.45. The molecule has 0 saturated carbocycles. The second-order valence-corrected chi connectivity index (χ2v) is 14.6. The van der Waals surface area contributed by atoms with Crippen LogP contribution in [0.25, 0.3) is 0 Å². The first kappa shape index (κ1) is 25.0. The van der Waals surface area contributed by atoms with Gasteiger partial charge in [-0.15, -0.1) is 0 Å². The van der Waals surface area contributed by atoms with Gasteiger partial charge in [-0.1, -0.05) is 51.1 Å². The molecule has 1 aliphatic heterocycles. The Bertz CT molecular complexity index is 687. The van der Waals surface area contributed by atoms with Crippen molar-refractivity contribution in [3.8, 4) is 0 Å². The number of benzene rings is 1. The van der Waals surface area contributed by atoms with Crippen molar-refractivity contribution in [1.29, 1.82) is 0 Å². The second-order valence-electron chi connectivity index (χ2n) is 9.80. The summed E-state index contributed by atoms with van der Waals surface area (Å²) in [6.45, 7) is 12.7. The molecule has 1 N–H and O–H groups in total. The maximum absolute atomic E-state index is 12.0. The van der Waals surface area contributed by atoms with Gasteiger partial charge in [-0.2, -0.15) is 0 Å². The van der Waals surface area contributed by atoms with Crippen LogP contribution in [0.3, 0.4) is 0 Å². The Kier molecular flexibility index (Phi) is 8.27.